The molecule has 0 spiro atoms. The molecule has 1 fully saturated rings. The third-order valence-electron chi connectivity index (χ3n) is 4.40. The van der Waals surface area contributed by atoms with Crippen molar-refractivity contribution in [2.45, 2.75) is 18.9 Å². The maximum atomic E-state index is 11.5. The van der Waals surface area contributed by atoms with Crippen molar-refractivity contribution in [3.8, 4) is 0 Å². The Bertz CT molecular complexity index is 612. The lowest BCUT2D eigenvalue weighted by Crippen LogP contribution is -2.41. The summed E-state index contributed by atoms with van der Waals surface area (Å²) in [5, 5.41) is 9.46. The van der Waals surface area contributed by atoms with Crippen LogP contribution in [0.2, 0.25) is 0 Å². The van der Waals surface area contributed by atoms with Crippen LogP contribution in [0.3, 0.4) is 0 Å². The van der Waals surface area contributed by atoms with E-state index in [2.05, 4.69) is 29.2 Å². The first-order valence-corrected chi connectivity index (χ1v) is 7.76. The minimum Gasteiger partial charge on any atom is -0.481 e. The molecule has 22 heavy (non-hydrogen) atoms. The second-order valence-corrected chi connectivity index (χ2v) is 6.06. The minimum atomic E-state index is -0.682. The van der Waals surface area contributed by atoms with E-state index in [4.69, 9.17) is 0 Å². The summed E-state index contributed by atoms with van der Waals surface area (Å²) in [7, 11) is 0. The quantitative estimate of drug-likeness (QED) is 0.940. The molecule has 1 N–H and O–H groups in total. The topological polar surface area (TPSA) is 40.5 Å². The van der Waals surface area contributed by atoms with Crippen molar-refractivity contribution in [2.75, 3.05) is 13.1 Å². The van der Waals surface area contributed by atoms with Gasteiger partial charge in [-0.05, 0) is 23.5 Å². The van der Waals surface area contributed by atoms with Gasteiger partial charge in [-0.15, -0.1) is 0 Å². The summed E-state index contributed by atoms with van der Waals surface area (Å²) in [4.78, 5) is 13.8. The molecule has 114 valence electrons. The lowest BCUT2D eigenvalue weighted by atomic mass is 9.84. The monoisotopic (exact) mass is 295 g/mol. The molecular weight excluding hydrogens is 274 g/mol. The fourth-order valence-electron chi connectivity index (χ4n) is 3.31. The highest BCUT2D eigenvalue weighted by molar-refractivity contribution is 5.70. The van der Waals surface area contributed by atoms with Gasteiger partial charge in [0.25, 0.3) is 0 Å². The Balaban J connectivity index is 1.77. The molecule has 0 saturated carbocycles. The van der Waals surface area contributed by atoms with Gasteiger partial charge in [0.2, 0.25) is 0 Å². The second kappa shape index (κ2) is 6.75. The van der Waals surface area contributed by atoms with Crippen molar-refractivity contribution in [1.29, 1.82) is 0 Å². The number of hydrogen-bond donors (Lipinski definition) is 1. The van der Waals surface area contributed by atoms with Crippen LogP contribution in [0.1, 0.15) is 23.5 Å². The summed E-state index contributed by atoms with van der Waals surface area (Å²) in [5.74, 6) is -0.680. The number of rotatable bonds is 4. The van der Waals surface area contributed by atoms with Crippen molar-refractivity contribution >= 4 is 5.97 Å². The number of benzene rings is 2. The Hall–Kier alpha value is -2.13. The van der Waals surface area contributed by atoms with Crippen LogP contribution in [0.25, 0.3) is 0 Å². The van der Waals surface area contributed by atoms with Gasteiger partial charge < -0.3 is 5.11 Å². The summed E-state index contributed by atoms with van der Waals surface area (Å²) >= 11 is 0. The number of hydrogen-bond acceptors (Lipinski definition) is 2. The molecule has 1 aliphatic heterocycles. The second-order valence-electron chi connectivity index (χ2n) is 6.06. The van der Waals surface area contributed by atoms with Gasteiger partial charge in [-0.3, -0.25) is 9.69 Å². The van der Waals surface area contributed by atoms with Crippen molar-refractivity contribution < 1.29 is 9.90 Å². The van der Waals surface area contributed by atoms with Crippen LogP contribution in [-0.4, -0.2) is 29.1 Å². The van der Waals surface area contributed by atoms with Gasteiger partial charge in [-0.1, -0.05) is 60.7 Å². The van der Waals surface area contributed by atoms with Crippen LogP contribution in [0.4, 0.5) is 0 Å². The standard InChI is InChI=1S/C19H21NO2/c21-19(22)18-11-17(16-9-5-2-6-10-16)13-20(14-18)12-15-7-3-1-4-8-15/h1-10,17-18H,11-14H2,(H,21,22). The summed E-state index contributed by atoms with van der Waals surface area (Å²) in [6, 6.07) is 20.5. The number of carboxylic acids is 1. The average molecular weight is 295 g/mol. The first-order chi connectivity index (χ1) is 10.7. The van der Waals surface area contributed by atoms with E-state index >= 15 is 0 Å². The molecule has 1 saturated heterocycles. The van der Waals surface area contributed by atoms with Crippen LogP contribution >= 0.6 is 0 Å². The molecule has 0 aliphatic carbocycles. The number of piperidine rings is 1. The molecule has 3 heteroatoms. The van der Waals surface area contributed by atoms with Gasteiger partial charge in [0.05, 0.1) is 5.92 Å². The predicted molar refractivity (Wildman–Crippen MR) is 86.6 cm³/mol. The molecule has 2 aromatic carbocycles. The first-order valence-electron chi connectivity index (χ1n) is 7.76. The highest BCUT2D eigenvalue weighted by atomic mass is 16.4. The number of carboxylic acid groups (broad SMARTS) is 1. The third kappa shape index (κ3) is 3.55. The van der Waals surface area contributed by atoms with E-state index in [1.165, 1.54) is 11.1 Å². The fourth-order valence-corrected chi connectivity index (χ4v) is 3.31. The number of aliphatic carboxylic acids is 1. The third-order valence-corrected chi connectivity index (χ3v) is 4.40. The lowest BCUT2D eigenvalue weighted by molar-refractivity contribution is -0.144. The van der Waals surface area contributed by atoms with E-state index in [1.54, 1.807) is 0 Å². The summed E-state index contributed by atoms with van der Waals surface area (Å²) in [6.07, 6.45) is 0.727. The van der Waals surface area contributed by atoms with Gasteiger partial charge in [0.15, 0.2) is 0 Å². The van der Waals surface area contributed by atoms with Gasteiger partial charge in [0.1, 0.15) is 0 Å². The molecule has 1 aliphatic rings. The normalized spacial score (nSPS) is 22.4. The Labute approximate surface area is 131 Å². The van der Waals surface area contributed by atoms with E-state index in [1.807, 2.05) is 36.4 Å². The summed E-state index contributed by atoms with van der Waals surface area (Å²) in [6.45, 7) is 2.37. The van der Waals surface area contributed by atoms with Crippen molar-refractivity contribution in [3.63, 3.8) is 0 Å². The predicted octanol–water partition coefficient (Wildman–Crippen LogP) is 3.38. The summed E-state index contributed by atoms with van der Waals surface area (Å²) in [5.41, 5.74) is 2.48. The molecule has 2 unspecified atom stereocenters. The van der Waals surface area contributed by atoms with E-state index in [9.17, 15) is 9.90 Å². The highest BCUT2D eigenvalue weighted by Crippen LogP contribution is 2.31. The molecule has 3 nitrogen and oxygen atoms in total. The Kier molecular flexibility index (Phi) is 4.54. The molecule has 2 aromatic rings. The number of likely N-dealkylation sites (tertiary alicyclic amines) is 1. The van der Waals surface area contributed by atoms with E-state index < -0.39 is 5.97 Å². The Morgan fingerprint density at radius 2 is 1.64 bits per heavy atom. The fraction of sp³-hybridized carbons (Fsp3) is 0.316. The van der Waals surface area contributed by atoms with Crippen LogP contribution in [0.15, 0.2) is 60.7 Å². The summed E-state index contributed by atoms with van der Waals surface area (Å²) < 4.78 is 0. The van der Waals surface area contributed by atoms with Crippen molar-refractivity contribution in [2.24, 2.45) is 5.92 Å². The average Bonchev–Trinajstić information content (AvgIpc) is 2.56. The van der Waals surface area contributed by atoms with Crippen LogP contribution in [-0.2, 0) is 11.3 Å². The van der Waals surface area contributed by atoms with Gasteiger partial charge in [-0.2, -0.15) is 0 Å². The van der Waals surface area contributed by atoms with E-state index in [-0.39, 0.29) is 5.92 Å². The lowest BCUT2D eigenvalue weighted by Gasteiger charge is -2.36. The molecule has 3 rings (SSSR count). The smallest absolute Gasteiger partial charge is 0.307 e. The zero-order chi connectivity index (χ0) is 15.4. The molecular formula is C19H21NO2. The number of nitrogens with zero attached hydrogens (tertiary/aromatic N) is 1. The minimum absolute atomic E-state index is 0.289. The van der Waals surface area contributed by atoms with E-state index in [0.717, 1.165) is 19.5 Å². The van der Waals surface area contributed by atoms with E-state index in [0.29, 0.717) is 12.5 Å². The largest absolute Gasteiger partial charge is 0.481 e. The molecule has 0 bridgehead atoms. The van der Waals surface area contributed by atoms with Gasteiger partial charge in [-0.25, -0.2) is 0 Å². The molecule has 0 radical (unpaired) electrons. The van der Waals surface area contributed by atoms with Gasteiger partial charge in [0, 0.05) is 19.6 Å². The van der Waals surface area contributed by atoms with Crippen LogP contribution < -0.4 is 0 Å². The SMILES string of the molecule is O=C(O)C1CC(c2ccccc2)CN(Cc2ccccc2)C1. The zero-order valence-electron chi connectivity index (χ0n) is 12.6. The zero-order valence-corrected chi connectivity index (χ0v) is 12.6. The van der Waals surface area contributed by atoms with Crippen molar-refractivity contribution in [1.82, 2.24) is 4.90 Å². The number of carbonyl (C=O) groups is 1. The maximum Gasteiger partial charge on any atom is 0.307 e. The van der Waals surface area contributed by atoms with Gasteiger partial charge >= 0.3 is 5.97 Å². The van der Waals surface area contributed by atoms with Crippen LogP contribution in [0, 0.1) is 5.92 Å². The Morgan fingerprint density at radius 3 is 2.27 bits per heavy atom. The molecule has 1 heterocycles. The molecule has 0 amide bonds. The molecule has 0 aromatic heterocycles. The molecule has 2 atom stereocenters. The highest BCUT2D eigenvalue weighted by Gasteiger charge is 2.32. The van der Waals surface area contributed by atoms with Crippen molar-refractivity contribution in [3.05, 3.63) is 71.8 Å². The van der Waals surface area contributed by atoms with Crippen LogP contribution in [0.5, 0.6) is 0 Å². The Morgan fingerprint density at radius 1 is 1.00 bits per heavy atom. The maximum absolute atomic E-state index is 11.5. The first kappa shape index (κ1) is 14.8.